The Kier molecular flexibility index (Phi) is 8.45. The summed E-state index contributed by atoms with van der Waals surface area (Å²) in [5.74, 6) is 0.357. The van der Waals surface area contributed by atoms with E-state index in [4.69, 9.17) is 33.0 Å². The third-order valence-corrected chi connectivity index (χ3v) is 4.94. The third kappa shape index (κ3) is 5.79. The van der Waals surface area contributed by atoms with Crippen LogP contribution < -0.4 is 0 Å². The Morgan fingerprint density at radius 1 is 0.857 bits per heavy atom. The molecular weight excluding hydrogens is 403 g/mol. The zero-order chi connectivity index (χ0) is 20.7. The van der Waals surface area contributed by atoms with Crippen LogP contribution in [0.25, 0.3) is 0 Å². The van der Waals surface area contributed by atoms with Gasteiger partial charge in [-0.3, -0.25) is 0 Å². The van der Waals surface area contributed by atoms with E-state index in [2.05, 4.69) is 0 Å². The number of hydrogen-bond acceptors (Lipinski definition) is 5. The molecule has 0 radical (unpaired) electrons. The largest absolute Gasteiger partial charge is 0.508 e. The number of allylic oxidation sites excluding steroid dienone is 1. The van der Waals surface area contributed by atoms with Crippen molar-refractivity contribution < 1.29 is 25.2 Å². The molecule has 28 heavy (non-hydrogen) atoms. The van der Waals surface area contributed by atoms with E-state index in [0.29, 0.717) is 5.76 Å². The molecule has 7 heteroatoms. The van der Waals surface area contributed by atoms with E-state index in [-0.39, 0.29) is 37.2 Å². The Morgan fingerprint density at radius 3 is 1.71 bits per heavy atom. The lowest BCUT2D eigenvalue weighted by molar-refractivity contribution is 0.159. The second-order valence-corrected chi connectivity index (χ2v) is 7.55. The van der Waals surface area contributed by atoms with Gasteiger partial charge in [-0.1, -0.05) is 24.3 Å². The minimum absolute atomic E-state index is 0.0336. The highest BCUT2D eigenvalue weighted by molar-refractivity contribution is 6.22. The summed E-state index contributed by atoms with van der Waals surface area (Å²) >= 11 is 12.3. The topological polar surface area (TPSA) is 90.2 Å². The van der Waals surface area contributed by atoms with Crippen LogP contribution in [0.15, 0.2) is 59.9 Å². The average molecular weight is 427 g/mol. The molecule has 0 bridgehead atoms. The van der Waals surface area contributed by atoms with E-state index >= 15 is 0 Å². The molecule has 0 spiro atoms. The summed E-state index contributed by atoms with van der Waals surface area (Å²) in [4.78, 5) is 0. The molecule has 4 N–H and O–H groups in total. The van der Waals surface area contributed by atoms with Gasteiger partial charge in [-0.05, 0) is 47.9 Å². The van der Waals surface area contributed by atoms with Crippen LogP contribution >= 0.6 is 23.2 Å². The molecule has 0 aliphatic rings. The normalized spacial score (nSPS) is 14.5. The zero-order valence-corrected chi connectivity index (χ0v) is 16.9. The van der Waals surface area contributed by atoms with Gasteiger partial charge >= 0.3 is 0 Å². The summed E-state index contributed by atoms with van der Waals surface area (Å²) in [6.07, 6.45) is 0. The number of aliphatic hydroxyl groups is 2. The fraction of sp³-hybridized carbons (Fsp3) is 0.333. The Balaban J connectivity index is 2.54. The summed E-state index contributed by atoms with van der Waals surface area (Å²) in [5.41, 5.74) is 2.48. The first-order valence-corrected chi connectivity index (χ1v) is 9.65. The molecule has 2 aromatic carbocycles. The molecule has 2 atom stereocenters. The van der Waals surface area contributed by atoms with Gasteiger partial charge in [-0.15, -0.1) is 23.2 Å². The Morgan fingerprint density at radius 2 is 1.32 bits per heavy atom. The highest BCUT2D eigenvalue weighted by Gasteiger charge is 2.25. The smallest absolute Gasteiger partial charge is 0.116 e. The molecule has 0 heterocycles. The van der Waals surface area contributed by atoms with Crippen molar-refractivity contribution in [3.63, 3.8) is 0 Å². The van der Waals surface area contributed by atoms with Crippen molar-refractivity contribution in [1.29, 1.82) is 0 Å². The third-order valence-electron chi connectivity index (χ3n) is 4.34. The number of alkyl halides is 2. The first-order valence-electron chi connectivity index (χ1n) is 8.78. The molecule has 0 amide bonds. The Labute approximate surface area is 174 Å². The number of hydrogen-bond donors (Lipinski definition) is 4. The molecule has 2 unspecified atom stereocenters. The van der Waals surface area contributed by atoms with Gasteiger partial charge in [-0.2, -0.15) is 0 Å². The summed E-state index contributed by atoms with van der Waals surface area (Å²) in [6, 6.07) is 13.5. The number of ether oxygens (including phenoxy) is 1. The summed E-state index contributed by atoms with van der Waals surface area (Å²) in [5, 5.41) is 36.6. The summed E-state index contributed by atoms with van der Waals surface area (Å²) < 4.78 is 5.78. The van der Waals surface area contributed by atoms with E-state index in [1.807, 2.05) is 6.92 Å². The molecule has 2 aromatic rings. The Bertz CT molecular complexity index is 729. The number of aromatic hydroxyl groups is 2. The SMILES string of the molecule is C/C(=C(/OCC(Cl)CO)C(Cl)CO)C(c1ccc(O)cc1)c1ccc(O)cc1. The maximum Gasteiger partial charge on any atom is 0.116 e. The molecule has 0 aliphatic heterocycles. The van der Waals surface area contributed by atoms with Gasteiger partial charge in [0, 0.05) is 5.92 Å². The molecule has 0 aliphatic carbocycles. The van der Waals surface area contributed by atoms with Gasteiger partial charge in [0.2, 0.25) is 0 Å². The van der Waals surface area contributed by atoms with Gasteiger partial charge in [-0.25, -0.2) is 0 Å². The lowest BCUT2D eigenvalue weighted by atomic mass is 9.84. The highest BCUT2D eigenvalue weighted by atomic mass is 35.5. The second-order valence-electron chi connectivity index (χ2n) is 6.40. The lowest BCUT2D eigenvalue weighted by Crippen LogP contribution is -2.21. The zero-order valence-electron chi connectivity index (χ0n) is 15.4. The quantitative estimate of drug-likeness (QED) is 0.362. The first-order chi connectivity index (χ1) is 13.4. The maximum absolute atomic E-state index is 9.63. The standard InChI is InChI=1S/C21H24Cl2O5/c1-13(21(19(23)11-25)28-12-16(22)10-24)20(14-2-6-17(26)7-3-14)15-4-8-18(27)9-5-15/h2-9,16,19-20,24-27H,10-12H2,1H3/b21-13-. The van der Waals surface area contributed by atoms with Crippen molar-refractivity contribution in [2.45, 2.75) is 23.6 Å². The number of phenolic OH excluding ortho intramolecular Hbond substituents is 2. The summed E-state index contributed by atoms with van der Waals surface area (Å²) in [7, 11) is 0. The van der Waals surface area contributed by atoms with Gasteiger partial charge in [0.15, 0.2) is 0 Å². The van der Waals surface area contributed by atoms with Crippen molar-refractivity contribution in [1.82, 2.24) is 0 Å². The minimum atomic E-state index is -0.792. The minimum Gasteiger partial charge on any atom is -0.508 e. The monoisotopic (exact) mass is 426 g/mol. The molecule has 0 saturated carbocycles. The predicted octanol–water partition coefficient (Wildman–Crippen LogP) is 3.72. The van der Waals surface area contributed by atoms with Crippen LogP contribution in [-0.4, -0.2) is 51.0 Å². The number of phenols is 2. The fourth-order valence-corrected chi connectivity index (χ4v) is 3.23. The number of benzene rings is 2. The number of aliphatic hydroxyl groups excluding tert-OH is 2. The van der Waals surface area contributed by atoms with Crippen LogP contribution in [-0.2, 0) is 4.74 Å². The Hall–Kier alpha value is -1.92. The van der Waals surface area contributed by atoms with E-state index in [0.717, 1.165) is 16.7 Å². The molecule has 152 valence electrons. The molecular formula is C21H24Cl2O5. The van der Waals surface area contributed by atoms with Gasteiger partial charge in [0.25, 0.3) is 0 Å². The van der Waals surface area contributed by atoms with Crippen LogP contribution in [0, 0.1) is 0 Å². The van der Waals surface area contributed by atoms with Crippen LogP contribution in [0.2, 0.25) is 0 Å². The van der Waals surface area contributed by atoms with Crippen LogP contribution in [0.3, 0.4) is 0 Å². The molecule has 0 saturated heterocycles. The molecule has 5 nitrogen and oxygen atoms in total. The van der Waals surface area contributed by atoms with E-state index in [1.54, 1.807) is 48.5 Å². The molecule has 2 rings (SSSR count). The van der Waals surface area contributed by atoms with E-state index in [9.17, 15) is 15.3 Å². The van der Waals surface area contributed by atoms with Crippen molar-refractivity contribution in [3.8, 4) is 11.5 Å². The molecule has 0 fully saturated rings. The fourth-order valence-electron chi connectivity index (χ4n) is 2.94. The van der Waals surface area contributed by atoms with Crippen LogP contribution in [0.4, 0.5) is 0 Å². The highest BCUT2D eigenvalue weighted by Crippen LogP contribution is 2.36. The maximum atomic E-state index is 9.63. The first kappa shape index (κ1) is 22.4. The van der Waals surface area contributed by atoms with Gasteiger partial charge in [0.05, 0.1) is 18.6 Å². The second kappa shape index (κ2) is 10.6. The van der Waals surface area contributed by atoms with Gasteiger partial charge < -0.3 is 25.2 Å². The van der Waals surface area contributed by atoms with Crippen LogP contribution in [0.1, 0.15) is 24.0 Å². The summed E-state index contributed by atoms with van der Waals surface area (Å²) in [6.45, 7) is 1.29. The van der Waals surface area contributed by atoms with Crippen molar-refractivity contribution in [2.75, 3.05) is 19.8 Å². The lowest BCUT2D eigenvalue weighted by Gasteiger charge is -2.25. The van der Waals surface area contributed by atoms with E-state index in [1.165, 1.54) is 0 Å². The average Bonchev–Trinajstić information content (AvgIpc) is 2.70. The number of rotatable bonds is 9. The number of halogens is 2. The van der Waals surface area contributed by atoms with Crippen molar-refractivity contribution in [3.05, 3.63) is 71.0 Å². The van der Waals surface area contributed by atoms with Crippen LogP contribution in [0.5, 0.6) is 11.5 Å². The van der Waals surface area contributed by atoms with Gasteiger partial charge in [0.1, 0.15) is 29.2 Å². The predicted molar refractivity (Wildman–Crippen MR) is 110 cm³/mol. The molecule has 0 aromatic heterocycles. The van der Waals surface area contributed by atoms with E-state index < -0.39 is 10.8 Å². The van der Waals surface area contributed by atoms with Crippen molar-refractivity contribution >= 4 is 23.2 Å². The van der Waals surface area contributed by atoms with Crippen molar-refractivity contribution in [2.24, 2.45) is 0 Å².